The second kappa shape index (κ2) is 4.84. The first-order valence-electron chi connectivity index (χ1n) is 6.54. The lowest BCUT2D eigenvalue weighted by atomic mass is 9.86. The minimum absolute atomic E-state index is 0.422. The first kappa shape index (κ1) is 11.4. The van der Waals surface area contributed by atoms with Crippen LogP contribution in [0.4, 0.5) is 0 Å². The molecule has 2 fully saturated rings. The number of rotatable bonds is 1. The lowest BCUT2D eigenvalue weighted by Crippen LogP contribution is -2.51. The highest BCUT2D eigenvalue weighted by molar-refractivity contribution is 4.83. The molecule has 1 saturated heterocycles. The predicted molar refractivity (Wildman–Crippen MR) is 63.0 cm³/mol. The van der Waals surface area contributed by atoms with Crippen molar-refractivity contribution in [3.05, 3.63) is 0 Å². The molecule has 0 aromatic rings. The van der Waals surface area contributed by atoms with Crippen LogP contribution in [0, 0.1) is 5.92 Å². The highest BCUT2D eigenvalue weighted by Gasteiger charge is 2.30. The average molecular weight is 211 g/mol. The molecule has 2 nitrogen and oxygen atoms in total. The third-order valence-corrected chi connectivity index (χ3v) is 3.87. The van der Waals surface area contributed by atoms with Crippen molar-refractivity contribution < 1.29 is 4.74 Å². The van der Waals surface area contributed by atoms with Crippen molar-refractivity contribution in [2.75, 3.05) is 13.1 Å². The fraction of sp³-hybridized carbons (Fsp3) is 1.00. The number of hydrogen-bond acceptors (Lipinski definition) is 2. The van der Waals surface area contributed by atoms with E-state index < -0.39 is 0 Å². The van der Waals surface area contributed by atoms with Gasteiger partial charge in [0.2, 0.25) is 0 Å². The van der Waals surface area contributed by atoms with Gasteiger partial charge < -0.3 is 4.74 Å². The van der Waals surface area contributed by atoms with Crippen LogP contribution in [0.15, 0.2) is 0 Å². The molecule has 2 heteroatoms. The molecule has 0 N–H and O–H groups in total. The molecule has 0 bridgehead atoms. The fourth-order valence-corrected chi connectivity index (χ4v) is 3.25. The summed E-state index contributed by atoms with van der Waals surface area (Å²) in [6.07, 6.45) is 6.51. The van der Waals surface area contributed by atoms with Gasteiger partial charge in [0.15, 0.2) is 0 Å². The molecular formula is C13H25NO. The van der Waals surface area contributed by atoms with E-state index in [2.05, 4.69) is 25.7 Å². The SMILES string of the molecule is C[C@H]1CCC[C@H](N2C[C@@H](C)O[C@@H](C)C2)C1. The van der Waals surface area contributed by atoms with E-state index >= 15 is 0 Å². The van der Waals surface area contributed by atoms with Gasteiger partial charge in [0.05, 0.1) is 12.2 Å². The standard InChI is InChI=1S/C13H25NO/c1-10-5-4-6-13(7-10)14-8-11(2)15-12(3)9-14/h10-13H,4-9H2,1-3H3/t10-,11-,12+,13-/m0/s1. The molecule has 1 saturated carbocycles. The van der Waals surface area contributed by atoms with E-state index in [9.17, 15) is 0 Å². The zero-order valence-electron chi connectivity index (χ0n) is 10.4. The number of morpholine rings is 1. The normalized spacial score (nSPS) is 44.2. The molecule has 0 amide bonds. The van der Waals surface area contributed by atoms with E-state index in [1.54, 1.807) is 0 Å². The van der Waals surface area contributed by atoms with Crippen molar-refractivity contribution in [2.45, 2.75) is 64.7 Å². The Kier molecular flexibility index (Phi) is 3.68. The molecule has 1 aliphatic carbocycles. The quantitative estimate of drug-likeness (QED) is 0.661. The summed E-state index contributed by atoms with van der Waals surface area (Å²) >= 11 is 0. The summed E-state index contributed by atoms with van der Waals surface area (Å²) in [4.78, 5) is 2.68. The molecule has 4 atom stereocenters. The Morgan fingerprint density at radius 1 is 1.00 bits per heavy atom. The summed E-state index contributed by atoms with van der Waals surface area (Å²) in [7, 11) is 0. The summed E-state index contributed by atoms with van der Waals surface area (Å²) < 4.78 is 5.79. The number of nitrogens with zero attached hydrogens (tertiary/aromatic N) is 1. The lowest BCUT2D eigenvalue weighted by molar-refractivity contribution is -0.0858. The van der Waals surface area contributed by atoms with Gasteiger partial charge in [-0.1, -0.05) is 19.8 Å². The predicted octanol–water partition coefficient (Wildman–Crippen LogP) is 2.67. The van der Waals surface area contributed by atoms with Crippen LogP contribution < -0.4 is 0 Å². The van der Waals surface area contributed by atoms with Crippen molar-refractivity contribution in [2.24, 2.45) is 5.92 Å². The summed E-state index contributed by atoms with van der Waals surface area (Å²) in [5.41, 5.74) is 0. The Labute approximate surface area is 94.0 Å². The Bertz CT molecular complexity index is 197. The lowest BCUT2D eigenvalue weighted by Gasteiger charge is -2.42. The van der Waals surface area contributed by atoms with E-state index in [0.29, 0.717) is 12.2 Å². The van der Waals surface area contributed by atoms with Gasteiger partial charge in [-0.05, 0) is 32.6 Å². The van der Waals surface area contributed by atoms with Gasteiger partial charge in [0, 0.05) is 19.1 Å². The topological polar surface area (TPSA) is 12.5 Å². The van der Waals surface area contributed by atoms with Crippen molar-refractivity contribution in [1.29, 1.82) is 0 Å². The third-order valence-electron chi connectivity index (χ3n) is 3.87. The van der Waals surface area contributed by atoms with Crippen molar-refractivity contribution in [3.63, 3.8) is 0 Å². The van der Waals surface area contributed by atoms with E-state index in [-0.39, 0.29) is 0 Å². The van der Waals surface area contributed by atoms with Gasteiger partial charge in [-0.15, -0.1) is 0 Å². The number of ether oxygens (including phenoxy) is 1. The smallest absolute Gasteiger partial charge is 0.0678 e. The molecule has 15 heavy (non-hydrogen) atoms. The Hall–Kier alpha value is -0.0800. The van der Waals surface area contributed by atoms with Crippen LogP contribution in [0.25, 0.3) is 0 Å². The summed E-state index contributed by atoms with van der Waals surface area (Å²) in [6.45, 7) is 9.09. The van der Waals surface area contributed by atoms with Crippen molar-refractivity contribution >= 4 is 0 Å². The first-order chi connectivity index (χ1) is 7.15. The van der Waals surface area contributed by atoms with Crippen LogP contribution in [0.2, 0.25) is 0 Å². The fourth-order valence-electron chi connectivity index (χ4n) is 3.25. The Morgan fingerprint density at radius 3 is 2.27 bits per heavy atom. The Balaban J connectivity index is 1.91. The number of hydrogen-bond donors (Lipinski definition) is 0. The molecule has 0 aromatic heterocycles. The largest absolute Gasteiger partial charge is 0.373 e. The molecule has 1 aliphatic heterocycles. The zero-order valence-corrected chi connectivity index (χ0v) is 10.4. The van der Waals surface area contributed by atoms with Gasteiger partial charge in [-0.2, -0.15) is 0 Å². The van der Waals surface area contributed by atoms with Crippen LogP contribution in [-0.4, -0.2) is 36.2 Å². The summed E-state index contributed by atoms with van der Waals surface area (Å²) in [5, 5.41) is 0. The van der Waals surface area contributed by atoms with E-state index in [1.165, 1.54) is 25.7 Å². The first-order valence-corrected chi connectivity index (χ1v) is 6.54. The Morgan fingerprint density at radius 2 is 1.67 bits per heavy atom. The molecule has 2 rings (SSSR count). The zero-order chi connectivity index (χ0) is 10.8. The second-order valence-electron chi connectivity index (χ2n) is 5.64. The molecule has 1 heterocycles. The maximum Gasteiger partial charge on any atom is 0.0678 e. The van der Waals surface area contributed by atoms with Crippen LogP contribution in [0.5, 0.6) is 0 Å². The van der Waals surface area contributed by atoms with Crippen molar-refractivity contribution in [3.8, 4) is 0 Å². The molecule has 0 spiro atoms. The minimum Gasteiger partial charge on any atom is -0.373 e. The van der Waals surface area contributed by atoms with Crippen LogP contribution in [0.3, 0.4) is 0 Å². The van der Waals surface area contributed by atoms with E-state index in [4.69, 9.17) is 4.74 Å². The molecule has 0 unspecified atom stereocenters. The molecule has 2 aliphatic rings. The van der Waals surface area contributed by atoms with E-state index in [1.807, 2.05) is 0 Å². The van der Waals surface area contributed by atoms with Gasteiger partial charge in [-0.25, -0.2) is 0 Å². The molecule has 0 radical (unpaired) electrons. The average Bonchev–Trinajstić information content (AvgIpc) is 2.16. The van der Waals surface area contributed by atoms with Gasteiger partial charge in [-0.3, -0.25) is 4.90 Å². The van der Waals surface area contributed by atoms with Gasteiger partial charge in [0.25, 0.3) is 0 Å². The van der Waals surface area contributed by atoms with Crippen molar-refractivity contribution in [1.82, 2.24) is 4.90 Å². The van der Waals surface area contributed by atoms with Gasteiger partial charge in [0.1, 0.15) is 0 Å². The highest BCUT2D eigenvalue weighted by Crippen LogP contribution is 2.29. The maximum absolute atomic E-state index is 5.79. The molecule has 88 valence electrons. The third kappa shape index (κ3) is 2.94. The van der Waals surface area contributed by atoms with Gasteiger partial charge >= 0.3 is 0 Å². The maximum atomic E-state index is 5.79. The minimum atomic E-state index is 0.422. The van der Waals surface area contributed by atoms with Crippen LogP contribution in [0.1, 0.15) is 46.5 Å². The molecular weight excluding hydrogens is 186 g/mol. The summed E-state index contributed by atoms with van der Waals surface area (Å²) in [6, 6.07) is 0.836. The second-order valence-corrected chi connectivity index (χ2v) is 5.64. The van der Waals surface area contributed by atoms with Crippen LogP contribution >= 0.6 is 0 Å². The molecule has 0 aromatic carbocycles. The van der Waals surface area contributed by atoms with E-state index in [0.717, 1.165) is 25.0 Å². The summed E-state index contributed by atoms with van der Waals surface area (Å²) in [5.74, 6) is 0.928. The highest BCUT2D eigenvalue weighted by atomic mass is 16.5. The monoisotopic (exact) mass is 211 g/mol. The van der Waals surface area contributed by atoms with Crippen LogP contribution in [-0.2, 0) is 4.74 Å².